The molecule has 1 aromatic rings. The van der Waals surface area contributed by atoms with Crippen LogP contribution in [0.25, 0.3) is 0 Å². The molecular weight excluding hydrogens is 168 g/mol. The van der Waals surface area contributed by atoms with Gasteiger partial charge in [-0.1, -0.05) is 30.3 Å². The Hall–Kier alpha value is -1.42. The molecule has 0 aliphatic rings. The van der Waals surface area contributed by atoms with Crippen LogP contribution in [0, 0.1) is 10.1 Å². The van der Waals surface area contributed by atoms with E-state index >= 15 is 0 Å². The first kappa shape index (κ1) is 9.67. The molecule has 0 saturated heterocycles. The second kappa shape index (κ2) is 4.57. The van der Waals surface area contributed by atoms with E-state index in [1.807, 2.05) is 30.3 Å². The highest BCUT2D eigenvalue weighted by atomic mass is 16.6. The van der Waals surface area contributed by atoms with Gasteiger partial charge in [-0.2, -0.15) is 0 Å². The van der Waals surface area contributed by atoms with Gasteiger partial charge in [0.1, 0.15) is 0 Å². The molecule has 4 heteroatoms. The van der Waals surface area contributed by atoms with Gasteiger partial charge in [-0.15, -0.1) is 0 Å². The van der Waals surface area contributed by atoms with Crippen LogP contribution in [0.4, 0.5) is 0 Å². The molecule has 1 rings (SSSR count). The Morgan fingerprint density at radius 2 is 2.00 bits per heavy atom. The third-order valence-electron chi connectivity index (χ3n) is 1.88. The normalized spacial score (nSPS) is 12.4. The second-order valence-electron chi connectivity index (χ2n) is 2.86. The second-order valence-corrected chi connectivity index (χ2v) is 2.86. The Balaban J connectivity index is 2.62. The standard InChI is InChI=1S/C9H12N2O2/c10-7-9(11(12)13)6-8-4-2-1-3-5-8/h1-5,9H,6-7,10H2. The minimum Gasteiger partial charge on any atom is -0.325 e. The Kier molecular flexibility index (Phi) is 3.40. The number of hydrogen-bond donors (Lipinski definition) is 1. The van der Waals surface area contributed by atoms with E-state index < -0.39 is 6.04 Å². The molecule has 0 saturated carbocycles. The van der Waals surface area contributed by atoms with Crippen LogP contribution in [-0.4, -0.2) is 17.5 Å². The maximum Gasteiger partial charge on any atom is 0.229 e. The van der Waals surface area contributed by atoms with E-state index in [0.29, 0.717) is 6.42 Å². The van der Waals surface area contributed by atoms with E-state index in [0.717, 1.165) is 5.56 Å². The Bertz CT molecular complexity index is 274. The van der Waals surface area contributed by atoms with Gasteiger partial charge in [-0.25, -0.2) is 0 Å². The minimum atomic E-state index is -0.664. The third kappa shape index (κ3) is 2.83. The number of nitro groups is 1. The van der Waals surface area contributed by atoms with E-state index in [4.69, 9.17) is 5.73 Å². The lowest BCUT2D eigenvalue weighted by molar-refractivity contribution is -0.519. The predicted octanol–water partition coefficient (Wildman–Crippen LogP) is 0.833. The van der Waals surface area contributed by atoms with Crippen molar-refractivity contribution >= 4 is 0 Å². The summed E-state index contributed by atoms with van der Waals surface area (Å²) in [5, 5.41) is 10.5. The molecule has 0 heterocycles. The van der Waals surface area contributed by atoms with E-state index in [1.54, 1.807) is 0 Å². The van der Waals surface area contributed by atoms with Crippen LogP contribution in [0.1, 0.15) is 5.56 Å². The van der Waals surface area contributed by atoms with Crippen molar-refractivity contribution < 1.29 is 4.92 Å². The Morgan fingerprint density at radius 3 is 2.46 bits per heavy atom. The molecule has 0 fully saturated rings. The molecule has 0 aromatic heterocycles. The summed E-state index contributed by atoms with van der Waals surface area (Å²) in [4.78, 5) is 10.1. The summed E-state index contributed by atoms with van der Waals surface area (Å²) in [6.45, 7) is 0.0852. The molecule has 1 unspecified atom stereocenters. The first-order valence-corrected chi connectivity index (χ1v) is 4.11. The van der Waals surface area contributed by atoms with Gasteiger partial charge in [0.15, 0.2) is 0 Å². The van der Waals surface area contributed by atoms with Crippen LogP contribution in [-0.2, 0) is 6.42 Å². The first-order valence-electron chi connectivity index (χ1n) is 4.11. The summed E-state index contributed by atoms with van der Waals surface area (Å²) in [6.07, 6.45) is 0.407. The highest BCUT2D eigenvalue weighted by molar-refractivity contribution is 5.15. The maximum atomic E-state index is 10.5. The van der Waals surface area contributed by atoms with Gasteiger partial charge in [0.2, 0.25) is 6.04 Å². The van der Waals surface area contributed by atoms with E-state index in [2.05, 4.69) is 0 Å². The van der Waals surface area contributed by atoms with E-state index in [9.17, 15) is 10.1 Å². The lowest BCUT2D eigenvalue weighted by Gasteiger charge is -2.05. The number of nitrogens with zero attached hydrogens (tertiary/aromatic N) is 1. The fraction of sp³-hybridized carbons (Fsp3) is 0.333. The van der Waals surface area contributed by atoms with Crippen molar-refractivity contribution in [2.45, 2.75) is 12.5 Å². The van der Waals surface area contributed by atoms with Crippen molar-refractivity contribution in [1.82, 2.24) is 0 Å². The fourth-order valence-electron chi connectivity index (χ4n) is 1.13. The zero-order valence-electron chi connectivity index (χ0n) is 7.22. The largest absolute Gasteiger partial charge is 0.325 e. The third-order valence-corrected chi connectivity index (χ3v) is 1.88. The molecule has 0 radical (unpaired) electrons. The first-order chi connectivity index (χ1) is 6.24. The summed E-state index contributed by atoms with van der Waals surface area (Å²) in [5.74, 6) is 0. The topological polar surface area (TPSA) is 69.2 Å². The van der Waals surface area contributed by atoms with Gasteiger partial charge >= 0.3 is 0 Å². The van der Waals surface area contributed by atoms with Crippen molar-refractivity contribution in [3.05, 3.63) is 46.0 Å². The number of hydrogen-bond acceptors (Lipinski definition) is 3. The molecule has 70 valence electrons. The smallest absolute Gasteiger partial charge is 0.229 e. The van der Waals surface area contributed by atoms with Crippen molar-refractivity contribution in [1.29, 1.82) is 0 Å². The zero-order chi connectivity index (χ0) is 9.68. The van der Waals surface area contributed by atoms with Crippen molar-refractivity contribution in [3.63, 3.8) is 0 Å². The number of rotatable bonds is 4. The molecule has 0 spiro atoms. The zero-order valence-corrected chi connectivity index (χ0v) is 7.22. The van der Waals surface area contributed by atoms with Crippen LogP contribution in [0.2, 0.25) is 0 Å². The maximum absolute atomic E-state index is 10.5. The van der Waals surface area contributed by atoms with Crippen LogP contribution in [0.5, 0.6) is 0 Å². The summed E-state index contributed by atoms with van der Waals surface area (Å²) in [6, 6.07) is 8.68. The van der Waals surface area contributed by atoms with Crippen molar-refractivity contribution in [2.75, 3.05) is 6.54 Å². The fourth-order valence-corrected chi connectivity index (χ4v) is 1.13. The minimum absolute atomic E-state index is 0.0852. The van der Waals surface area contributed by atoms with Gasteiger partial charge in [0, 0.05) is 11.3 Å². The van der Waals surface area contributed by atoms with Gasteiger partial charge in [0.25, 0.3) is 0 Å². The lowest BCUT2D eigenvalue weighted by Crippen LogP contribution is -2.30. The molecule has 0 amide bonds. The average Bonchev–Trinajstić information content (AvgIpc) is 2.15. The molecular formula is C9H12N2O2. The summed E-state index contributed by atoms with van der Waals surface area (Å²) >= 11 is 0. The summed E-state index contributed by atoms with van der Waals surface area (Å²) < 4.78 is 0. The molecule has 2 N–H and O–H groups in total. The monoisotopic (exact) mass is 180 g/mol. The number of nitrogens with two attached hydrogens (primary N) is 1. The molecule has 0 aliphatic heterocycles. The number of benzene rings is 1. The lowest BCUT2D eigenvalue weighted by atomic mass is 10.1. The van der Waals surface area contributed by atoms with Crippen molar-refractivity contribution in [3.8, 4) is 0 Å². The highest BCUT2D eigenvalue weighted by Crippen LogP contribution is 2.04. The Labute approximate surface area is 76.5 Å². The predicted molar refractivity (Wildman–Crippen MR) is 50.0 cm³/mol. The molecule has 1 atom stereocenters. The van der Waals surface area contributed by atoms with E-state index in [-0.39, 0.29) is 11.5 Å². The van der Waals surface area contributed by atoms with Crippen LogP contribution in [0.15, 0.2) is 30.3 Å². The van der Waals surface area contributed by atoms with Gasteiger partial charge in [-0.05, 0) is 5.56 Å². The average molecular weight is 180 g/mol. The molecule has 13 heavy (non-hydrogen) atoms. The molecule has 0 aliphatic carbocycles. The van der Waals surface area contributed by atoms with Gasteiger partial charge in [-0.3, -0.25) is 10.1 Å². The summed E-state index contributed by atoms with van der Waals surface area (Å²) in [5.41, 5.74) is 6.23. The highest BCUT2D eigenvalue weighted by Gasteiger charge is 2.17. The van der Waals surface area contributed by atoms with Crippen LogP contribution in [0.3, 0.4) is 0 Å². The van der Waals surface area contributed by atoms with Crippen molar-refractivity contribution in [2.24, 2.45) is 5.73 Å². The molecule has 0 bridgehead atoms. The quantitative estimate of drug-likeness (QED) is 0.551. The SMILES string of the molecule is NCC(Cc1ccccc1)[N+](=O)[O-]. The van der Waals surface area contributed by atoms with Crippen LogP contribution < -0.4 is 5.73 Å². The Morgan fingerprint density at radius 1 is 1.38 bits per heavy atom. The molecule has 4 nitrogen and oxygen atoms in total. The molecule has 1 aromatic carbocycles. The van der Waals surface area contributed by atoms with E-state index in [1.165, 1.54) is 0 Å². The van der Waals surface area contributed by atoms with Gasteiger partial charge in [0.05, 0.1) is 6.54 Å². The van der Waals surface area contributed by atoms with Crippen LogP contribution >= 0.6 is 0 Å². The van der Waals surface area contributed by atoms with Gasteiger partial charge < -0.3 is 5.73 Å². The summed E-state index contributed by atoms with van der Waals surface area (Å²) in [7, 11) is 0.